The zero-order chi connectivity index (χ0) is 22.0. The van der Waals surface area contributed by atoms with E-state index in [4.69, 9.17) is 4.42 Å². The molecule has 0 aliphatic carbocycles. The molecule has 5 heterocycles. The van der Waals surface area contributed by atoms with Gasteiger partial charge in [-0.1, -0.05) is 18.2 Å². The lowest BCUT2D eigenvalue weighted by Crippen LogP contribution is -2.45. The first kappa shape index (κ1) is 19.3. The minimum Gasteiger partial charge on any atom is -0.451 e. The summed E-state index contributed by atoms with van der Waals surface area (Å²) in [7, 11) is 0. The molecule has 2 bridgehead atoms. The largest absolute Gasteiger partial charge is 0.451 e. The third kappa shape index (κ3) is 2.76. The van der Waals surface area contributed by atoms with Gasteiger partial charge in [0.1, 0.15) is 17.6 Å². The van der Waals surface area contributed by atoms with Gasteiger partial charge in [-0.3, -0.25) is 4.79 Å². The predicted molar refractivity (Wildman–Crippen MR) is 112 cm³/mol. The number of fused-ring (bicyclic) bond motifs is 4. The van der Waals surface area contributed by atoms with Crippen molar-refractivity contribution in [1.29, 1.82) is 0 Å². The maximum absolute atomic E-state index is 13.7. The van der Waals surface area contributed by atoms with Crippen LogP contribution in [-0.2, 0) is 0 Å². The molecule has 2 fully saturated rings. The first-order chi connectivity index (χ1) is 15.5. The summed E-state index contributed by atoms with van der Waals surface area (Å²) in [6.45, 7) is 1.90. The van der Waals surface area contributed by atoms with Crippen molar-refractivity contribution in [3.05, 3.63) is 59.4 Å². The highest BCUT2D eigenvalue weighted by atomic mass is 19.3. The molecular weight excluding hydrogens is 416 g/mol. The number of aromatic nitrogens is 4. The number of carbonyl (C=O) groups is 1. The molecule has 164 valence electrons. The highest BCUT2D eigenvalue weighted by Crippen LogP contribution is 2.46. The molecule has 2 aliphatic heterocycles. The maximum atomic E-state index is 13.7. The van der Waals surface area contributed by atoms with E-state index in [2.05, 4.69) is 15.1 Å². The molecule has 2 saturated heterocycles. The first-order valence-corrected chi connectivity index (χ1v) is 10.8. The van der Waals surface area contributed by atoms with Crippen LogP contribution < -0.4 is 0 Å². The lowest BCUT2D eigenvalue weighted by atomic mass is 9.93. The molecule has 0 spiro atoms. The standard InChI is InChI=1S/C23H21F2N5O2/c1-12-14-6-2-3-8-19(14)32-20(12)22(31)29-13-5-4-7-17(29)15(9-13)18-10-16(21(24)25)28-23-26-11-27-30(18)23/h2-3,6,8,10-11,13,15,17,21H,4-5,7,9H2,1H3/t13-,15?,17+/m1/s1. The lowest BCUT2D eigenvalue weighted by molar-refractivity contribution is 0.0555. The second-order valence-corrected chi connectivity index (χ2v) is 8.64. The zero-order valence-corrected chi connectivity index (χ0v) is 17.4. The van der Waals surface area contributed by atoms with E-state index < -0.39 is 6.43 Å². The summed E-state index contributed by atoms with van der Waals surface area (Å²) in [6.07, 6.45) is 1.98. The molecular formula is C23H21F2N5O2. The molecule has 3 atom stereocenters. The van der Waals surface area contributed by atoms with Crippen molar-refractivity contribution in [3.8, 4) is 0 Å². The molecule has 1 unspecified atom stereocenters. The van der Waals surface area contributed by atoms with Crippen molar-refractivity contribution in [1.82, 2.24) is 24.5 Å². The van der Waals surface area contributed by atoms with Crippen molar-refractivity contribution < 1.29 is 18.0 Å². The summed E-state index contributed by atoms with van der Waals surface area (Å²) in [6, 6.07) is 8.95. The Morgan fingerprint density at radius 1 is 1.25 bits per heavy atom. The molecule has 32 heavy (non-hydrogen) atoms. The molecule has 6 rings (SSSR count). The van der Waals surface area contributed by atoms with Crippen molar-refractivity contribution >= 4 is 22.7 Å². The Kier molecular flexibility index (Phi) is 4.28. The van der Waals surface area contributed by atoms with Crippen molar-refractivity contribution in [2.24, 2.45) is 0 Å². The van der Waals surface area contributed by atoms with Crippen molar-refractivity contribution in [3.63, 3.8) is 0 Å². The molecule has 7 nitrogen and oxygen atoms in total. The van der Waals surface area contributed by atoms with Crippen LogP contribution in [-0.4, -0.2) is 42.5 Å². The summed E-state index contributed by atoms with van der Waals surface area (Å²) >= 11 is 0. The number of benzene rings is 1. The third-order valence-electron chi connectivity index (χ3n) is 6.95. The van der Waals surface area contributed by atoms with Gasteiger partial charge in [0, 0.05) is 29.0 Å². The number of hydrogen-bond acceptors (Lipinski definition) is 5. The van der Waals surface area contributed by atoms with E-state index in [1.165, 1.54) is 16.9 Å². The molecule has 1 aromatic carbocycles. The van der Waals surface area contributed by atoms with E-state index in [0.717, 1.165) is 30.2 Å². The Balaban J connectivity index is 1.42. The fourth-order valence-electron chi connectivity index (χ4n) is 5.55. The van der Waals surface area contributed by atoms with E-state index in [9.17, 15) is 13.6 Å². The number of carbonyl (C=O) groups excluding carboxylic acids is 1. The highest BCUT2D eigenvalue weighted by Gasteiger charge is 2.48. The van der Waals surface area contributed by atoms with Gasteiger partial charge in [0.05, 0.1) is 5.69 Å². The number of furan rings is 1. The number of rotatable bonds is 3. The Labute approximate surface area is 182 Å². The van der Waals surface area contributed by atoms with E-state index in [1.54, 1.807) is 0 Å². The molecule has 0 saturated carbocycles. The number of hydrogen-bond donors (Lipinski definition) is 0. The number of halogens is 2. The molecule has 9 heteroatoms. The third-order valence-corrected chi connectivity index (χ3v) is 6.95. The number of nitrogens with zero attached hydrogens (tertiary/aromatic N) is 5. The van der Waals surface area contributed by atoms with Gasteiger partial charge in [-0.05, 0) is 44.7 Å². The minimum atomic E-state index is -2.70. The Morgan fingerprint density at radius 2 is 2.09 bits per heavy atom. The Morgan fingerprint density at radius 3 is 2.91 bits per heavy atom. The predicted octanol–water partition coefficient (Wildman–Crippen LogP) is 4.67. The normalized spacial score (nSPS) is 23.0. The van der Waals surface area contributed by atoms with Gasteiger partial charge in [-0.15, -0.1) is 0 Å². The second-order valence-electron chi connectivity index (χ2n) is 8.64. The van der Waals surface area contributed by atoms with E-state index in [0.29, 0.717) is 23.5 Å². The van der Waals surface area contributed by atoms with Crippen LogP contribution in [0.3, 0.4) is 0 Å². The monoisotopic (exact) mass is 437 g/mol. The number of para-hydroxylation sites is 1. The summed E-state index contributed by atoms with van der Waals surface area (Å²) < 4.78 is 34.5. The van der Waals surface area contributed by atoms with Gasteiger partial charge < -0.3 is 9.32 Å². The van der Waals surface area contributed by atoms with Gasteiger partial charge in [0.25, 0.3) is 18.1 Å². The van der Waals surface area contributed by atoms with E-state index in [-0.39, 0.29) is 35.4 Å². The number of aryl methyl sites for hydroxylation is 1. The van der Waals surface area contributed by atoms with Gasteiger partial charge in [-0.25, -0.2) is 18.3 Å². The van der Waals surface area contributed by atoms with Gasteiger partial charge in [-0.2, -0.15) is 10.1 Å². The fourth-order valence-corrected chi connectivity index (χ4v) is 5.55. The van der Waals surface area contributed by atoms with Crippen LogP contribution in [0.15, 0.2) is 41.1 Å². The van der Waals surface area contributed by atoms with Crippen LogP contribution in [0.4, 0.5) is 8.78 Å². The molecule has 0 N–H and O–H groups in total. The van der Waals surface area contributed by atoms with Crippen LogP contribution >= 0.6 is 0 Å². The van der Waals surface area contributed by atoms with E-state index in [1.807, 2.05) is 36.1 Å². The van der Waals surface area contributed by atoms with Crippen molar-refractivity contribution in [2.75, 3.05) is 0 Å². The highest BCUT2D eigenvalue weighted by molar-refractivity contribution is 5.99. The molecule has 1 amide bonds. The molecule has 0 radical (unpaired) electrons. The SMILES string of the molecule is Cc1c(C(=O)N2[C@@H]3CCC[C@H]2C(c2cc(C(F)F)nc4ncnn24)C3)oc2ccccc12. The summed E-state index contributed by atoms with van der Waals surface area (Å²) in [4.78, 5) is 23.6. The minimum absolute atomic E-state index is 0.0283. The average Bonchev–Trinajstić information content (AvgIpc) is 3.46. The van der Waals surface area contributed by atoms with Gasteiger partial charge in [0.15, 0.2) is 5.76 Å². The Hall–Kier alpha value is -3.36. The van der Waals surface area contributed by atoms with Crippen molar-refractivity contribution in [2.45, 2.75) is 57.0 Å². The second kappa shape index (κ2) is 7.08. The fraction of sp³-hybridized carbons (Fsp3) is 0.391. The molecule has 3 aromatic heterocycles. The smallest absolute Gasteiger partial charge is 0.290 e. The number of amides is 1. The van der Waals surface area contributed by atoms with E-state index >= 15 is 0 Å². The van der Waals surface area contributed by atoms with Crippen LogP contribution in [0, 0.1) is 6.92 Å². The number of alkyl halides is 2. The molecule has 4 aromatic rings. The summed E-state index contributed by atoms with van der Waals surface area (Å²) in [5.41, 5.74) is 1.84. The zero-order valence-electron chi connectivity index (χ0n) is 17.4. The van der Waals surface area contributed by atoms with Gasteiger partial charge in [0.2, 0.25) is 0 Å². The lowest BCUT2D eigenvalue weighted by Gasteiger charge is -2.35. The quantitative estimate of drug-likeness (QED) is 0.466. The topological polar surface area (TPSA) is 76.5 Å². The van der Waals surface area contributed by atoms with Gasteiger partial charge >= 0.3 is 0 Å². The summed E-state index contributed by atoms with van der Waals surface area (Å²) in [5, 5.41) is 5.15. The summed E-state index contributed by atoms with van der Waals surface area (Å²) in [5.74, 6) is 0.262. The maximum Gasteiger partial charge on any atom is 0.290 e. The Bertz CT molecular complexity index is 1350. The van der Waals surface area contributed by atoms with Crippen LogP contribution in [0.25, 0.3) is 16.7 Å². The van der Waals surface area contributed by atoms with Crippen LogP contribution in [0.1, 0.15) is 65.5 Å². The first-order valence-electron chi connectivity index (χ1n) is 10.8. The number of piperidine rings is 1. The average molecular weight is 437 g/mol. The van der Waals surface area contributed by atoms with Crippen LogP contribution in [0.2, 0.25) is 0 Å². The van der Waals surface area contributed by atoms with Crippen LogP contribution in [0.5, 0.6) is 0 Å². The molecule has 2 aliphatic rings.